The van der Waals surface area contributed by atoms with E-state index >= 15 is 0 Å². The summed E-state index contributed by atoms with van der Waals surface area (Å²) in [5.41, 5.74) is 5.79. The van der Waals surface area contributed by atoms with Gasteiger partial charge in [0.05, 0.1) is 5.69 Å². The molecule has 1 aliphatic carbocycles. The fourth-order valence-corrected chi connectivity index (χ4v) is 2.74. The van der Waals surface area contributed by atoms with E-state index < -0.39 is 0 Å². The minimum absolute atomic E-state index is 0.722. The van der Waals surface area contributed by atoms with Crippen molar-refractivity contribution < 1.29 is 0 Å². The van der Waals surface area contributed by atoms with Gasteiger partial charge in [0.2, 0.25) is 0 Å². The standard InChI is InChI=1S/C17H11ClN2/c18-14-7-5-11(6-8-14)17-19-10-13-9-12-3-1-2-4-15(12)16(13)20-17/h1-8,10H,9H2. The first-order chi connectivity index (χ1) is 9.81. The fraction of sp³-hybridized carbons (Fsp3) is 0.0588. The van der Waals surface area contributed by atoms with Crippen molar-refractivity contribution in [2.75, 3.05) is 0 Å². The Bertz CT molecular complexity index is 794. The molecule has 0 fully saturated rings. The van der Waals surface area contributed by atoms with Crippen molar-refractivity contribution in [1.29, 1.82) is 0 Å². The van der Waals surface area contributed by atoms with Crippen LogP contribution >= 0.6 is 11.6 Å². The molecule has 1 aromatic heterocycles. The maximum Gasteiger partial charge on any atom is 0.159 e. The van der Waals surface area contributed by atoms with Crippen LogP contribution in [0.25, 0.3) is 22.6 Å². The lowest BCUT2D eigenvalue weighted by Gasteiger charge is -2.04. The summed E-state index contributed by atoms with van der Waals surface area (Å²) in [6.07, 6.45) is 2.86. The number of hydrogen-bond donors (Lipinski definition) is 0. The summed E-state index contributed by atoms with van der Waals surface area (Å²) in [5, 5.41) is 0.722. The first-order valence-electron chi connectivity index (χ1n) is 6.51. The van der Waals surface area contributed by atoms with E-state index in [1.54, 1.807) is 0 Å². The molecule has 0 N–H and O–H groups in total. The van der Waals surface area contributed by atoms with Gasteiger partial charge in [-0.1, -0.05) is 35.9 Å². The molecule has 96 valence electrons. The van der Waals surface area contributed by atoms with Gasteiger partial charge < -0.3 is 0 Å². The summed E-state index contributed by atoms with van der Waals surface area (Å²) in [6, 6.07) is 16.0. The Morgan fingerprint density at radius 3 is 2.55 bits per heavy atom. The smallest absolute Gasteiger partial charge is 0.159 e. The highest BCUT2D eigenvalue weighted by atomic mass is 35.5. The lowest BCUT2D eigenvalue weighted by Crippen LogP contribution is -1.93. The molecule has 0 bridgehead atoms. The maximum atomic E-state index is 5.92. The average Bonchev–Trinajstić information content (AvgIpc) is 2.86. The Kier molecular flexibility index (Phi) is 2.57. The Morgan fingerprint density at radius 1 is 0.900 bits per heavy atom. The molecule has 3 aromatic rings. The van der Waals surface area contributed by atoms with Crippen molar-refractivity contribution in [3.05, 3.63) is 70.9 Å². The normalized spacial score (nSPS) is 12.1. The number of hydrogen-bond acceptors (Lipinski definition) is 2. The maximum absolute atomic E-state index is 5.92. The van der Waals surface area contributed by atoms with Gasteiger partial charge >= 0.3 is 0 Å². The number of rotatable bonds is 1. The summed E-state index contributed by atoms with van der Waals surface area (Å²) >= 11 is 5.92. The molecule has 1 heterocycles. The van der Waals surface area contributed by atoms with Crippen molar-refractivity contribution in [1.82, 2.24) is 9.97 Å². The van der Waals surface area contributed by atoms with E-state index in [0.717, 1.165) is 28.5 Å². The van der Waals surface area contributed by atoms with Crippen molar-refractivity contribution in [3.8, 4) is 22.6 Å². The minimum atomic E-state index is 0.722. The molecule has 0 unspecified atom stereocenters. The number of aromatic nitrogens is 2. The second kappa shape index (κ2) is 4.43. The first kappa shape index (κ1) is 11.6. The molecule has 2 nitrogen and oxygen atoms in total. The third kappa shape index (κ3) is 1.81. The number of benzene rings is 2. The molecule has 20 heavy (non-hydrogen) atoms. The van der Waals surface area contributed by atoms with E-state index in [2.05, 4.69) is 29.2 Å². The van der Waals surface area contributed by atoms with Gasteiger partial charge in [0, 0.05) is 34.3 Å². The van der Waals surface area contributed by atoms with E-state index in [1.807, 2.05) is 30.5 Å². The highest BCUT2D eigenvalue weighted by Gasteiger charge is 2.20. The van der Waals surface area contributed by atoms with Gasteiger partial charge in [-0.2, -0.15) is 0 Å². The predicted molar refractivity (Wildman–Crippen MR) is 80.7 cm³/mol. The molecule has 0 saturated carbocycles. The molecule has 0 spiro atoms. The molecule has 3 heteroatoms. The molecule has 0 saturated heterocycles. The van der Waals surface area contributed by atoms with Gasteiger partial charge in [-0.3, -0.25) is 0 Å². The summed E-state index contributed by atoms with van der Waals surface area (Å²) in [5.74, 6) is 0.747. The van der Waals surface area contributed by atoms with Crippen LogP contribution in [0.5, 0.6) is 0 Å². The zero-order valence-corrected chi connectivity index (χ0v) is 11.4. The Labute approximate surface area is 122 Å². The Balaban J connectivity index is 1.85. The van der Waals surface area contributed by atoms with Gasteiger partial charge in [-0.25, -0.2) is 9.97 Å². The zero-order chi connectivity index (χ0) is 13.5. The van der Waals surface area contributed by atoms with Crippen LogP contribution in [0.4, 0.5) is 0 Å². The van der Waals surface area contributed by atoms with Gasteiger partial charge in [0.25, 0.3) is 0 Å². The van der Waals surface area contributed by atoms with Crippen molar-refractivity contribution >= 4 is 11.6 Å². The van der Waals surface area contributed by atoms with Crippen molar-refractivity contribution in [2.24, 2.45) is 0 Å². The zero-order valence-electron chi connectivity index (χ0n) is 10.7. The van der Waals surface area contributed by atoms with E-state index in [4.69, 9.17) is 16.6 Å². The van der Waals surface area contributed by atoms with Crippen LogP contribution in [0.2, 0.25) is 5.02 Å². The van der Waals surface area contributed by atoms with Gasteiger partial charge in [0.1, 0.15) is 0 Å². The number of fused-ring (bicyclic) bond motifs is 3. The highest BCUT2D eigenvalue weighted by molar-refractivity contribution is 6.30. The fourth-order valence-electron chi connectivity index (χ4n) is 2.62. The number of halogens is 1. The van der Waals surface area contributed by atoms with Gasteiger partial charge in [-0.05, 0) is 29.8 Å². The topological polar surface area (TPSA) is 25.8 Å². The van der Waals surface area contributed by atoms with Gasteiger partial charge in [-0.15, -0.1) is 0 Å². The molecule has 1 aliphatic rings. The van der Waals surface area contributed by atoms with Crippen LogP contribution in [0.1, 0.15) is 11.1 Å². The van der Waals surface area contributed by atoms with E-state index in [9.17, 15) is 0 Å². The highest BCUT2D eigenvalue weighted by Crippen LogP contribution is 2.35. The average molecular weight is 279 g/mol. The van der Waals surface area contributed by atoms with Gasteiger partial charge in [0.15, 0.2) is 5.82 Å². The lowest BCUT2D eigenvalue weighted by molar-refractivity contribution is 1.13. The van der Waals surface area contributed by atoms with Crippen LogP contribution in [0, 0.1) is 0 Å². The molecule has 0 atom stereocenters. The quantitative estimate of drug-likeness (QED) is 0.517. The lowest BCUT2D eigenvalue weighted by atomic mass is 10.1. The second-order valence-electron chi connectivity index (χ2n) is 4.91. The molecule has 4 rings (SSSR count). The van der Waals surface area contributed by atoms with Crippen LogP contribution in [0.3, 0.4) is 0 Å². The Hall–Kier alpha value is -2.19. The van der Waals surface area contributed by atoms with Crippen LogP contribution in [0.15, 0.2) is 54.7 Å². The molecule has 0 radical (unpaired) electrons. The summed E-state index contributed by atoms with van der Waals surface area (Å²) in [4.78, 5) is 9.22. The van der Waals surface area contributed by atoms with Crippen molar-refractivity contribution in [3.63, 3.8) is 0 Å². The number of nitrogens with zero attached hydrogens (tertiary/aromatic N) is 2. The molecular formula is C17H11ClN2. The minimum Gasteiger partial charge on any atom is -0.236 e. The summed E-state index contributed by atoms with van der Waals surface area (Å²) in [6.45, 7) is 0. The van der Waals surface area contributed by atoms with Crippen LogP contribution in [-0.4, -0.2) is 9.97 Å². The third-order valence-corrected chi connectivity index (χ3v) is 3.87. The Morgan fingerprint density at radius 2 is 1.70 bits per heavy atom. The second-order valence-corrected chi connectivity index (χ2v) is 5.34. The molecular weight excluding hydrogens is 268 g/mol. The summed E-state index contributed by atoms with van der Waals surface area (Å²) < 4.78 is 0. The molecule has 0 aliphatic heterocycles. The van der Waals surface area contributed by atoms with Crippen LogP contribution < -0.4 is 0 Å². The van der Waals surface area contributed by atoms with E-state index in [0.29, 0.717) is 0 Å². The third-order valence-electron chi connectivity index (χ3n) is 3.62. The largest absolute Gasteiger partial charge is 0.236 e. The summed E-state index contributed by atoms with van der Waals surface area (Å²) in [7, 11) is 0. The van der Waals surface area contributed by atoms with Crippen molar-refractivity contribution in [2.45, 2.75) is 6.42 Å². The van der Waals surface area contributed by atoms with Crippen LogP contribution in [-0.2, 0) is 6.42 Å². The SMILES string of the molecule is Clc1ccc(-c2ncc3c(n2)-c2ccccc2C3)cc1. The van der Waals surface area contributed by atoms with E-state index in [-0.39, 0.29) is 0 Å². The molecule has 2 aromatic carbocycles. The molecule has 0 amide bonds. The first-order valence-corrected chi connectivity index (χ1v) is 6.89. The monoisotopic (exact) mass is 278 g/mol. The van der Waals surface area contributed by atoms with E-state index in [1.165, 1.54) is 16.7 Å². The predicted octanol–water partition coefficient (Wildman–Crippen LogP) is 4.37.